The topological polar surface area (TPSA) is 98.7 Å². The average Bonchev–Trinajstić information content (AvgIpc) is 3.36. The Morgan fingerprint density at radius 3 is 2.24 bits per heavy atom. The van der Waals surface area contributed by atoms with Crippen LogP contribution in [-0.2, 0) is 4.79 Å². The first-order valence-electron chi connectivity index (χ1n) is 11.9. The molecule has 1 aliphatic heterocycles. The van der Waals surface area contributed by atoms with E-state index < -0.39 is 23.4 Å². The minimum Gasteiger partial charge on any atom is -0.478 e. The number of rotatable bonds is 6. The molecule has 4 rings (SSSR count). The minimum atomic E-state index is -1.40. The quantitative estimate of drug-likeness (QED) is 0.339. The fourth-order valence-corrected chi connectivity index (χ4v) is 4.59. The maximum absolute atomic E-state index is 14.1. The van der Waals surface area contributed by atoms with Gasteiger partial charge in [-0.25, -0.2) is 14.0 Å². The number of hydrogen-bond donors (Lipinski definition) is 3. The summed E-state index contributed by atoms with van der Waals surface area (Å²) in [4.78, 5) is 38.5. The highest BCUT2D eigenvalue weighted by Gasteiger charge is 2.34. The normalized spacial score (nSPS) is 15.1. The molecule has 1 aliphatic rings. The summed E-state index contributed by atoms with van der Waals surface area (Å²) in [6.07, 6.45) is 1.27. The number of nitrogens with zero attached hydrogens (tertiary/aromatic N) is 1. The van der Waals surface area contributed by atoms with Crippen molar-refractivity contribution in [3.8, 4) is 11.1 Å². The number of likely N-dealkylation sites (tertiary alicyclic amines) is 1. The molecule has 1 saturated heterocycles. The number of carbonyl (C=O) groups excluding carboxylic acids is 2. The molecule has 1 heterocycles. The number of hydrogen-bond acceptors (Lipinski definition) is 3. The van der Waals surface area contributed by atoms with Gasteiger partial charge >= 0.3 is 12.0 Å². The van der Waals surface area contributed by atoms with Crippen LogP contribution in [0, 0.1) is 5.82 Å². The van der Waals surface area contributed by atoms with E-state index in [1.54, 1.807) is 24.3 Å². The van der Waals surface area contributed by atoms with Crippen LogP contribution >= 0.6 is 11.6 Å². The lowest BCUT2D eigenvalue weighted by Gasteiger charge is -2.24. The van der Waals surface area contributed by atoms with Gasteiger partial charge in [-0.2, -0.15) is 0 Å². The number of anilines is 2. The van der Waals surface area contributed by atoms with E-state index in [2.05, 4.69) is 24.5 Å². The molecule has 9 heteroatoms. The minimum absolute atomic E-state index is 0.0991. The van der Waals surface area contributed by atoms with Crippen LogP contribution in [0.4, 0.5) is 20.6 Å². The molecule has 37 heavy (non-hydrogen) atoms. The summed E-state index contributed by atoms with van der Waals surface area (Å²) in [5.74, 6) is -2.20. The van der Waals surface area contributed by atoms with E-state index in [4.69, 9.17) is 16.7 Å². The third-order valence-corrected chi connectivity index (χ3v) is 6.71. The molecule has 1 fully saturated rings. The Morgan fingerprint density at radius 1 is 1.00 bits per heavy atom. The van der Waals surface area contributed by atoms with Gasteiger partial charge in [0.25, 0.3) is 0 Å². The molecule has 0 saturated carbocycles. The van der Waals surface area contributed by atoms with Gasteiger partial charge in [0.15, 0.2) is 0 Å². The summed E-state index contributed by atoms with van der Waals surface area (Å²) in [5, 5.41) is 14.9. The second-order valence-corrected chi connectivity index (χ2v) is 9.65. The van der Waals surface area contributed by atoms with E-state index in [1.165, 1.54) is 10.5 Å². The number of benzene rings is 3. The molecule has 3 N–H and O–H groups in total. The van der Waals surface area contributed by atoms with Crippen LogP contribution < -0.4 is 10.6 Å². The molecule has 3 amide bonds. The molecule has 0 aliphatic carbocycles. The summed E-state index contributed by atoms with van der Waals surface area (Å²) in [6.45, 7) is 4.67. The lowest BCUT2D eigenvalue weighted by atomic mass is 10.0. The van der Waals surface area contributed by atoms with Gasteiger partial charge in [-0.1, -0.05) is 49.7 Å². The highest BCUT2D eigenvalue weighted by Crippen LogP contribution is 2.31. The predicted octanol–water partition coefficient (Wildman–Crippen LogP) is 6.60. The van der Waals surface area contributed by atoms with E-state index in [-0.39, 0.29) is 17.0 Å². The number of amides is 3. The van der Waals surface area contributed by atoms with E-state index >= 15 is 0 Å². The maximum atomic E-state index is 14.1. The third kappa shape index (κ3) is 5.91. The standard InChI is InChI=1S/C28H27ClFN3O4/c1-16(2)17-5-9-20(10-6-17)32-28(37)33-13-3-4-25(33)26(34)31-19-11-7-18(8-12-19)21-15-24(30)22(27(35)36)14-23(21)29/h5-12,14-16,25H,3-4,13H2,1-2H3,(H,31,34)(H,32,37)(H,35,36)/t25-/m1/s1. The zero-order chi connectivity index (χ0) is 26.7. The Morgan fingerprint density at radius 2 is 1.62 bits per heavy atom. The van der Waals surface area contributed by atoms with E-state index in [0.29, 0.717) is 47.8 Å². The lowest BCUT2D eigenvalue weighted by molar-refractivity contribution is -0.119. The molecule has 192 valence electrons. The first-order chi connectivity index (χ1) is 17.6. The van der Waals surface area contributed by atoms with Crippen LogP contribution in [-0.4, -0.2) is 40.5 Å². The number of urea groups is 1. The van der Waals surface area contributed by atoms with Gasteiger partial charge in [0.05, 0.1) is 5.56 Å². The zero-order valence-electron chi connectivity index (χ0n) is 20.4. The highest BCUT2D eigenvalue weighted by atomic mass is 35.5. The van der Waals surface area contributed by atoms with E-state index in [1.807, 2.05) is 24.3 Å². The van der Waals surface area contributed by atoms with Gasteiger partial charge in [0.2, 0.25) is 5.91 Å². The average molecular weight is 524 g/mol. The van der Waals surface area contributed by atoms with Crippen molar-refractivity contribution in [1.29, 1.82) is 0 Å². The summed E-state index contributed by atoms with van der Waals surface area (Å²) in [7, 11) is 0. The number of aromatic carboxylic acids is 1. The fraction of sp³-hybridized carbons (Fsp3) is 0.250. The highest BCUT2D eigenvalue weighted by molar-refractivity contribution is 6.33. The van der Waals surface area contributed by atoms with Crippen molar-refractivity contribution in [3.63, 3.8) is 0 Å². The Bertz CT molecular complexity index is 1330. The zero-order valence-corrected chi connectivity index (χ0v) is 21.2. The molecular weight excluding hydrogens is 497 g/mol. The molecule has 3 aromatic carbocycles. The molecule has 1 atom stereocenters. The van der Waals surface area contributed by atoms with Gasteiger partial charge in [0.1, 0.15) is 11.9 Å². The number of halogens is 2. The molecule has 0 spiro atoms. The van der Waals surface area contributed by atoms with Crippen LogP contribution in [0.5, 0.6) is 0 Å². The van der Waals surface area contributed by atoms with Gasteiger partial charge < -0.3 is 20.6 Å². The van der Waals surface area contributed by atoms with Gasteiger partial charge in [-0.15, -0.1) is 0 Å². The van der Waals surface area contributed by atoms with Crippen molar-refractivity contribution in [2.45, 2.75) is 38.6 Å². The van der Waals surface area contributed by atoms with Crippen LogP contribution in [0.25, 0.3) is 11.1 Å². The number of carboxylic acid groups (broad SMARTS) is 1. The van der Waals surface area contributed by atoms with Crippen LogP contribution in [0.2, 0.25) is 5.02 Å². The molecule has 0 radical (unpaired) electrons. The van der Waals surface area contributed by atoms with Gasteiger partial charge in [0, 0.05) is 28.5 Å². The predicted molar refractivity (Wildman–Crippen MR) is 142 cm³/mol. The summed E-state index contributed by atoms with van der Waals surface area (Å²) >= 11 is 6.17. The Balaban J connectivity index is 1.41. The Kier molecular flexibility index (Phi) is 7.78. The monoisotopic (exact) mass is 523 g/mol. The van der Waals surface area contributed by atoms with Crippen molar-refractivity contribution < 1.29 is 23.9 Å². The number of carboxylic acids is 1. The van der Waals surface area contributed by atoms with Gasteiger partial charge in [-0.05, 0) is 66.3 Å². The maximum Gasteiger partial charge on any atom is 0.338 e. The number of nitrogens with one attached hydrogen (secondary N) is 2. The van der Waals surface area contributed by atoms with E-state index in [0.717, 1.165) is 12.1 Å². The molecule has 0 aromatic heterocycles. The van der Waals surface area contributed by atoms with E-state index in [9.17, 15) is 18.8 Å². The molecule has 0 unspecified atom stereocenters. The third-order valence-electron chi connectivity index (χ3n) is 6.40. The molecule has 0 bridgehead atoms. The van der Waals surface area contributed by atoms with Gasteiger partial charge in [-0.3, -0.25) is 4.79 Å². The second kappa shape index (κ2) is 11.0. The summed E-state index contributed by atoms with van der Waals surface area (Å²) in [5.41, 5.74) is 2.74. The van der Waals surface area contributed by atoms with Crippen molar-refractivity contribution in [2.75, 3.05) is 17.2 Å². The van der Waals surface area contributed by atoms with Crippen LogP contribution in [0.3, 0.4) is 0 Å². The SMILES string of the molecule is CC(C)c1ccc(NC(=O)N2CCC[C@@H]2C(=O)Nc2ccc(-c3cc(F)c(C(=O)O)cc3Cl)cc2)cc1. The first-order valence-corrected chi connectivity index (χ1v) is 12.3. The molecule has 3 aromatic rings. The van der Waals surface area contributed by atoms with Crippen LogP contribution in [0.1, 0.15) is 48.5 Å². The first kappa shape index (κ1) is 26.2. The largest absolute Gasteiger partial charge is 0.478 e. The van der Waals surface area contributed by atoms with Crippen LogP contribution in [0.15, 0.2) is 60.7 Å². The molecule has 7 nitrogen and oxygen atoms in total. The van der Waals surface area contributed by atoms with Crippen molar-refractivity contribution in [3.05, 3.63) is 82.6 Å². The summed E-state index contributed by atoms with van der Waals surface area (Å²) in [6, 6.07) is 15.4. The fourth-order valence-electron chi connectivity index (χ4n) is 4.32. The summed E-state index contributed by atoms with van der Waals surface area (Å²) < 4.78 is 14.1. The lowest BCUT2D eigenvalue weighted by Crippen LogP contribution is -2.45. The smallest absolute Gasteiger partial charge is 0.338 e. The Labute approximate surface area is 219 Å². The number of carbonyl (C=O) groups is 3. The van der Waals surface area contributed by atoms with Crippen molar-refractivity contribution >= 4 is 40.9 Å². The Hall–Kier alpha value is -3.91. The second-order valence-electron chi connectivity index (χ2n) is 9.24. The van der Waals surface area contributed by atoms with Crippen molar-refractivity contribution in [1.82, 2.24) is 4.90 Å². The van der Waals surface area contributed by atoms with Crippen molar-refractivity contribution in [2.24, 2.45) is 0 Å². The molecular formula is C28H27ClFN3O4.